The first-order valence-electron chi connectivity index (χ1n) is 11.6. The van der Waals surface area contributed by atoms with Gasteiger partial charge in [-0.25, -0.2) is 4.39 Å². The Balaban J connectivity index is 1.45. The third-order valence-corrected chi connectivity index (χ3v) is 6.66. The van der Waals surface area contributed by atoms with Crippen LogP contribution in [0.1, 0.15) is 31.2 Å². The van der Waals surface area contributed by atoms with E-state index in [9.17, 15) is 9.18 Å². The topological polar surface area (TPSA) is 42.0 Å². The molecular formula is C26H33FN2O3. The molecule has 5 nitrogen and oxygen atoms in total. The SMILES string of the molecule is COCCCC1OC2(CCN(CCc3ccccc3)CC2)CN(c2ccccc2F)C1=O. The molecule has 0 bridgehead atoms. The number of morpholine rings is 1. The van der Waals surface area contributed by atoms with E-state index in [0.29, 0.717) is 25.3 Å². The lowest BCUT2D eigenvalue weighted by molar-refractivity contribution is -0.166. The van der Waals surface area contributed by atoms with Crippen LogP contribution < -0.4 is 4.90 Å². The molecule has 2 fully saturated rings. The van der Waals surface area contributed by atoms with E-state index in [2.05, 4.69) is 29.2 Å². The molecule has 0 aliphatic carbocycles. The second-order valence-corrected chi connectivity index (χ2v) is 8.88. The van der Waals surface area contributed by atoms with Crippen LogP contribution in [0.2, 0.25) is 0 Å². The number of piperidine rings is 1. The minimum atomic E-state index is -0.561. The number of hydrogen-bond donors (Lipinski definition) is 0. The number of ether oxygens (including phenoxy) is 2. The maximum absolute atomic E-state index is 14.6. The van der Waals surface area contributed by atoms with Crippen LogP contribution in [0, 0.1) is 5.82 Å². The zero-order valence-electron chi connectivity index (χ0n) is 18.8. The van der Waals surface area contributed by atoms with E-state index >= 15 is 0 Å². The van der Waals surface area contributed by atoms with E-state index in [0.717, 1.165) is 45.3 Å². The number of hydrogen-bond acceptors (Lipinski definition) is 4. The van der Waals surface area contributed by atoms with E-state index in [4.69, 9.17) is 9.47 Å². The predicted molar refractivity (Wildman–Crippen MR) is 123 cm³/mol. The summed E-state index contributed by atoms with van der Waals surface area (Å²) in [5, 5.41) is 0. The second-order valence-electron chi connectivity index (χ2n) is 8.88. The fraction of sp³-hybridized carbons (Fsp3) is 0.500. The Morgan fingerprint density at radius 1 is 1.09 bits per heavy atom. The number of anilines is 1. The number of halogens is 1. The van der Waals surface area contributed by atoms with Crippen molar-refractivity contribution in [2.45, 2.75) is 43.8 Å². The molecule has 0 N–H and O–H groups in total. The minimum Gasteiger partial charge on any atom is -0.385 e. The number of amides is 1. The van der Waals surface area contributed by atoms with Crippen molar-refractivity contribution in [3.05, 3.63) is 66.0 Å². The van der Waals surface area contributed by atoms with Gasteiger partial charge in [0.05, 0.1) is 17.8 Å². The number of carbonyl (C=O) groups is 1. The van der Waals surface area contributed by atoms with Crippen LogP contribution in [0.4, 0.5) is 10.1 Å². The van der Waals surface area contributed by atoms with E-state index in [1.807, 2.05) is 6.07 Å². The van der Waals surface area contributed by atoms with Crippen LogP contribution in [0.5, 0.6) is 0 Å². The molecule has 1 amide bonds. The van der Waals surface area contributed by atoms with Crippen molar-refractivity contribution in [1.82, 2.24) is 4.90 Å². The van der Waals surface area contributed by atoms with Gasteiger partial charge in [0.2, 0.25) is 0 Å². The first-order valence-corrected chi connectivity index (χ1v) is 11.6. The van der Waals surface area contributed by atoms with Gasteiger partial charge in [-0.2, -0.15) is 0 Å². The van der Waals surface area contributed by atoms with Gasteiger partial charge in [0.1, 0.15) is 11.9 Å². The molecule has 1 unspecified atom stereocenters. The zero-order chi connectivity index (χ0) is 22.4. The summed E-state index contributed by atoms with van der Waals surface area (Å²) in [5.74, 6) is -0.517. The zero-order valence-corrected chi connectivity index (χ0v) is 18.8. The summed E-state index contributed by atoms with van der Waals surface area (Å²) in [6.07, 6.45) is 3.44. The van der Waals surface area contributed by atoms with Gasteiger partial charge in [-0.3, -0.25) is 4.79 Å². The summed E-state index contributed by atoms with van der Waals surface area (Å²) >= 11 is 0. The lowest BCUT2D eigenvalue weighted by atomic mass is 9.87. The van der Waals surface area contributed by atoms with E-state index in [1.54, 1.807) is 30.2 Å². The van der Waals surface area contributed by atoms with E-state index in [-0.39, 0.29) is 11.7 Å². The van der Waals surface area contributed by atoms with Crippen molar-refractivity contribution >= 4 is 11.6 Å². The number of rotatable bonds is 8. The van der Waals surface area contributed by atoms with Gasteiger partial charge in [0.25, 0.3) is 5.91 Å². The minimum absolute atomic E-state index is 0.150. The van der Waals surface area contributed by atoms with Crippen LogP contribution >= 0.6 is 0 Å². The van der Waals surface area contributed by atoms with Gasteiger partial charge < -0.3 is 19.3 Å². The Bertz CT molecular complexity index is 884. The largest absolute Gasteiger partial charge is 0.385 e. The Hall–Kier alpha value is -2.28. The highest BCUT2D eigenvalue weighted by Gasteiger charge is 2.47. The molecule has 1 atom stereocenters. The summed E-state index contributed by atoms with van der Waals surface area (Å²) in [6, 6.07) is 17.1. The molecule has 6 heteroatoms. The highest BCUT2D eigenvalue weighted by Crippen LogP contribution is 2.37. The highest BCUT2D eigenvalue weighted by molar-refractivity contribution is 5.97. The number of methoxy groups -OCH3 is 1. The lowest BCUT2D eigenvalue weighted by Gasteiger charge is -2.49. The van der Waals surface area contributed by atoms with Gasteiger partial charge in [-0.05, 0) is 49.8 Å². The van der Waals surface area contributed by atoms with Crippen LogP contribution in [0.25, 0.3) is 0 Å². The van der Waals surface area contributed by atoms with E-state index < -0.39 is 11.7 Å². The normalized spacial score (nSPS) is 21.2. The molecule has 0 saturated carbocycles. The van der Waals surface area contributed by atoms with Crippen molar-refractivity contribution in [1.29, 1.82) is 0 Å². The van der Waals surface area contributed by atoms with Crippen LogP contribution in [0.3, 0.4) is 0 Å². The van der Waals surface area contributed by atoms with Crippen molar-refractivity contribution < 1.29 is 18.7 Å². The second kappa shape index (κ2) is 10.6. The standard InChI is InChI=1S/C26H33FN2O3/c1-31-19-7-12-24-25(30)29(23-11-6-5-10-22(23)27)20-26(32-24)14-17-28(18-15-26)16-13-21-8-3-2-4-9-21/h2-6,8-11,24H,7,12-20H2,1H3. The molecule has 2 heterocycles. The molecular weight excluding hydrogens is 407 g/mol. The van der Waals surface area contributed by atoms with Crippen molar-refractivity contribution in [3.63, 3.8) is 0 Å². The molecule has 0 aromatic heterocycles. The smallest absolute Gasteiger partial charge is 0.256 e. The first kappa shape index (κ1) is 22.9. The Kier molecular flexibility index (Phi) is 7.55. The summed E-state index contributed by atoms with van der Waals surface area (Å²) in [7, 11) is 1.65. The van der Waals surface area contributed by atoms with Gasteiger partial charge in [-0.15, -0.1) is 0 Å². The molecule has 2 saturated heterocycles. The molecule has 0 radical (unpaired) electrons. The molecule has 2 aromatic carbocycles. The molecule has 1 spiro atoms. The van der Waals surface area contributed by atoms with Crippen molar-refractivity contribution in [2.75, 3.05) is 44.8 Å². The quantitative estimate of drug-likeness (QED) is 0.581. The van der Waals surface area contributed by atoms with Gasteiger partial charge in [-0.1, -0.05) is 42.5 Å². The highest BCUT2D eigenvalue weighted by atomic mass is 19.1. The fourth-order valence-electron chi connectivity index (χ4n) is 4.79. The molecule has 32 heavy (non-hydrogen) atoms. The van der Waals surface area contributed by atoms with Crippen LogP contribution in [-0.4, -0.2) is 62.4 Å². The lowest BCUT2D eigenvalue weighted by Crippen LogP contribution is -2.62. The average molecular weight is 441 g/mol. The molecule has 172 valence electrons. The van der Waals surface area contributed by atoms with Crippen molar-refractivity contribution in [3.8, 4) is 0 Å². The van der Waals surface area contributed by atoms with Gasteiger partial charge >= 0.3 is 0 Å². The van der Waals surface area contributed by atoms with E-state index in [1.165, 1.54) is 11.6 Å². The summed E-state index contributed by atoms with van der Waals surface area (Å²) in [4.78, 5) is 17.3. The Morgan fingerprint density at radius 2 is 1.81 bits per heavy atom. The van der Waals surface area contributed by atoms with Crippen molar-refractivity contribution in [2.24, 2.45) is 0 Å². The Labute approximate surface area is 190 Å². The predicted octanol–water partition coefficient (Wildman–Crippen LogP) is 4.06. The van der Waals surface area contributed by atoms with Crippen LogP contribution in [-0.2, 0) is 20.7 Å². The Morgan fingerprint density at radius 3 is 2.53 bits per heavy atom. The maximum atomic E-state index is 14.6. The maximum Gasteiger partial charge on any atom is 0.256 e. The molecule has 2 aromatic rings. The number of carbonyl (C=O) groups excluding carboxylic acids is 1. The number of nitrogens with zero attached hydrogens (tertiary/aromatic N) is 2. The average Bonchev–Trinajstić information content (AvgIpc) is 2.82. The fourth-order valence-corrected chi connectivity index (χ4v) is 4.79. The third kappa shape index (κ3) is 5.37. The third-order valence-electron chi connectivity index (χ3n) is 6.66. The summed E-state index contributed by atoms with van der Waals surface area (Å²) in [5.41, 5.74) is 1.26. The number of benzene rings is 2. The first-order chi connectivity index (χ1) is 15.6. The molecule has 4 rings (SSSR count). The number of likely N-dealkylation sites (tertiary alicyclic amines) is 1. The number of para-hydroxylation sites is 1. The molecule has 2 aliphatic rings. The molecule has 2 aliphatic heterocycles. The summed E-state index contributed by atoms with van der Waals surface area (Å²) in [6.45, 7) is 3.81. The van der Waals surface area contributed by atoms with Crippen LogP contribution in [0.15, 0.2) is 54.6 Å². The van der Waals surface area contributed by atoms with Gasteiger partial charge in [0, 0.05) is 33.4 Å². The summed E-state index contributed by atoms with van der Waals surface area (Å²) < 4.78 is 26.2. The monoisotopic (exact) mass is 440 g/mol. The van der Waals surface area contributed by atoms with Gasteiger partial charge in [0.15, 0.2) is 0 Å².